The van der Waals surface area contributed by atoms with Gasteiger partial charge in [-0.25, -0.2) is 14.5 Å². The first-order valence-corrected chi connectivity index (χ1v) is 9.33. The molecule has 0 aliphatic heterocycles. The summed E-state index contributed by atoms with van der Waals surface area (Å²) in [4.78, 5) is 29.5. The van der Waals surface area contributed by atoms with Crippen molar-refractivity contribution >= 4 is 22.9 Å². The molecule has 0 spiro atoms. The van der Waals surface area contributed by atoms with Gasteiger partial charge in [0.15, 0.2) is 17.5 Å². The summed E-state index contributed by atoms with van der Waals surface area (Å²) in [6.07, 6.45) is 3.03. The van der Waals surface area contributed by atoms with Crippen molar-refractivity contribution in [2.45, 2.75) is 46.3 Å². The summed E-state index contributed by atoms with van der Waals surface area (Å²) in [5.41, 5.74) is 1.34. The predicted octanol–water partition coefficient (Wildman–Crippen LogP) is 3.34. The fraction of sp³-hybridized carbons (Fsp3) is 0.400. The molecule has 0 saturated carbocycles. The molecule has 0 aliphatic rings. The monoisotopic (exact) mass is 384 g/mol. The summed E-state index contributed by atoms with van der Waals surface area (Å²) in [5, 5.41) is 7.64. The lowest BCUT2D eigenvalue weighted by atomic mass is 10.1. The van der Waals surface area contributed by atoms with Crippen LogP contribution >= 0.6 is 0 Å². The summed E-state index contributed by atoms with van der Waals surface area (Å²) in [7, 11) is 0. The second-order valence-corrected chi connectivity index (χ2v) is 6.79. The molecule has 8 nitrogen and oxygen atoms in total. The van der Waals surface area contributed by atoms with Gasteiger partial charge in [0.1, 0.15) is 5.69 Å². The lowest BCUT2D eigenvalue weighted by Gasteiger charge is -2.14. The minimum atomic E-state index is -0.908. The molecule has 3 heterocycles. The van der Waals surface area contributed by atoms with Crippen molar-refractivity contribution in [1.82, 2.24) is 20.1 Å². The lowest BCUT2D eigenvalue weighted by Crippen LogP contribution is -2.36. The van der Waals surface area contributed by atoms with E-state index in [1.54, 1.807) is 42.3 Å². The van der Waals surface area contributed by atoms with Gasteiger partial charge in [-0.1, -0.05) is 6.92 Å². The van der Waals surface area contributed by atoms with E-state index in [1.807, 2.05) is 20.8 Å². The molecule has 3 aromatic rings. The van der Waals surface area contributed by atoms with Crippen molar-refractivity contribution in [2.24, 2.45) is 0 Å². The van der Waals surface area contributed by atoms with Gasteiger partial charge in [-0.05, 0) is 45.4 Å². The van der Waals surface area contributed by atoms with E-state index in [1.165, 1.54) is 0 Å². The molecule has 0 radical (unpaired) electrons. The maximum Gasteiger partial charge on any atom is 0.339 e. The molecule has 3 rings (SSSR count). The predicted molar refractivity (Wildman–Crippen MR) is 104 cm³/mol. The average Bonchev–Trinajstić information content (AvgIpc) is 3.34. The van der Waals surface area contributed by atoms with Crippen LogP contribution in [0.3, 0.4) is 0 Å². The van der Waals surface area contributed by atoms with E-state index in [0.29, 0.717) is 34.6 Å². The van der Waals surface area contributed by atoms with Crippen molar-refractivity contribution in [3.05, 3.63) is 36.2 Å². The minimum Gasteiger partial charge on any atom is -0.463 e. The van der Waals surface area contributed by atoms with E-state index in [0.717, 1.165) is 6.42 Å². The van der Waals surface area contributed by atoms with Gasteiger partial charge in [0.25, 0.3) is 5.91 Å². The number of amides is 1. The van der Waals surface area contributed by atoms with E-state index in [4.69, 9.17) is 9.15 Å². The number of nitrogens with one attached hydrogen (secondary N) is 1. The maximum absolute atomic E-state index is 12.9. The Morgan fingerprint density at radius 3 is 2.75 bits per heavy atom. The van der Waals surface area contributed by atoms with Crippen LogP contribution in [0.5, 0.6) is 0 Å². The Morgan fingerprint density at radius 1 is 1.32 bits per heavy atom. The van der Waals surface area contributed by atoms with Crippen molar-refractivity contribution in [1.29, 1.82) is 0 Å². The molecule has 0 aromatic carbocycles. The fourth-order valence-electron chi connectivity index (χ4n) is 2.78. The average molecular weight is 384 g/mol. The first-order chi connectivity index (χ1) is 13.4. The summed E-state index contributed by atoms with van der Waals surface area (Å²) >= 11 is 0. The highest BCUT2D eigenvalue weighted by Crippen LogP contribution is 2.27. The van der Waals surface area contributed by atoms with Crippen LogP contribution < -0.4 is 5.32 Å². The topological polar surface area (TPSA) is 99.2 Å². The van der Waals surface area contributed by atoms with E-state index < -0.39 is 12.1 Å². The summed E-state index contributed by atoms with van der Waals surface area (Å²) in [6.45, 7) is 7.99. The number of pyridine rings is 1. The fourth-order valence-corrected chi connectivity index (χ4v) is 2.78. The number of furan rings is 1. The molecule has 3 aromatic heterocycles. The first kappa shape index (κ1) is 19.6. The maximum atomic E-state index is 12.9. The zero-order valence-corrected chi connectivity index (χ0v) is 16.4. The molecular weight excluding hydrogens is 360 g/mol. The number of hydrogen-bond donors (Lipinski definition) is 1. The Morgan fingerprint density at radius 2 is 2.11 bits per heavy atom. The van der Waals surface area contributed by atoms with Crippen LogP contribution in [0.15, 0.2) is 35.1 Å². The minimum absolute atomic E-state index is 0.0551. The Balaban J connectivity index is 1.99. The standard InChI is InChI=1S/C20H24N4O4/c1-5-8-21-19(25)13(4)28-20(26)14-10-16(17-7-6-9-27-17)23-18-15(14)11-22-24(18)12(2)3/h6-7,9-13H,5,8H2,1-4H3,(H,21,25). The third-order valence-electron chi connectivity index (χ3n) is 4.25. The quantitative estimate of drug-likeness (QED) is 0.627. The van der Waals surface area contributed by atoms with Crippen molar-refractivity contribution in [2.75, 3.05) is 6.54 Å². The number of carbonyl (C=O) groups is 2. The number of rotatable bonds is 7. The Kier molecular flexibility index (Phi) is 5.77. The Bertz CT molecular complexity index is 976. The van der Waals surface area contributed by atoms with Crippen LogP contribution in [-0.2, 0) is 9.53 Å². The van der Waals surface area contributed by atoms with E-state index >= 15 is 0 Å². The molecule has 1 amide bonds. The normalized spacial score (nSPS) is 12.3. The van der Waals surface area contributed by atoms with E-state index in [2.05, 4.69) is 15.4 Å². The largest absolute Gasteiger partial charge is 0.463 e. The summed E-state index contributed by atoms with van der Waals surface area (Å²) in [6, 6.07) is 5.17. The Hall–Kier alpha value is -3.16. The number of ether oxygens (including phenoxy) is 1. The van der Waals surface area contributed by atoms with E-state index in [-0.39, 0.29) is 11.9 Å². The van der Waals surface area contributed by atoms with Gasteiger partial charge < -0.3 is 14.5 Å². The van der Waals surface area contributed by atoms with Crippen molar-refractivity contribution in [3.63, 3.8) is 0 Å². The molecule has 0 fully saturated rings. The number of carbonyl (C=O) groups excluding carboxylic acids is 2. The van der Waals surface area contributed by atoms with Crippen LogP contribution in [0.2, 0.25) is 0 Å². The molecule has 1 atom stereocenters. The van der Waals surface area contributed by atoms with Gasteiger partial charge in [0, 0.05) is 12.6 Å². The van der Waals surface area contributed by atoms with E-state index in [9.17, 15) is 9.59 Å². The summed E-state index contributed by atoms with van der Waals surface area (Å²) < 4.78 is 12.6. The number of esters is 1. The lowest BCUT2D eigenvalue weighted by molar-refractivity contribution is -0.129. The third-order valence-corrected chi connectivity index (χ3v) is 4.25. The molecule has 0 saturated heterocycles. The second-order valence-electron chi connectivity index (χ2n) is 6.79. The smallest absolute Gasteiger partial charge is 0.339 e. The highest BCUT2D eigenvalue weighted by atomic mass is 16.5. The molecule has 148 valence electrons. The number of aromatic nitrogens is 3. The highest BCUT2D eigenvalue weighted by molar-refractivity contribution is 6.04. The Labute approximate surface area is 162 Å². The van der Waals surface area contributed by atoms with Gasteiger partial charge in [-0.15, -0.1) is 0 Å². The van der Waals surface area contributed by atoms with Crippen LogP contribution in [0.4, 0.5) is 0 Å². The van der Waals surface area contributed by atoms with Crippen molar-refractivity contribution in [3.8, 4) is 11.5 Å². The zero-order chi connectivity index (χ0) is 20.3. The number of nitrogens with zero attached hydrogens (tertiary/aromatic N) is 3. The van der Waals surface area contributed by atoms with Crippen molar-refractivity contribution < 1.29 is 18.7 Å². The van der Waals surface area contributed by atoms with Crippen LogP contribution in [-0.4, -0.2) is 39.3 Å². The van der Waals surface area contributed by atoms with Gasteiger partial charge in [-0.3, -0.25) is 4.79 Å². The van der Waals surface area contributed by atoms with Crippen LogP contribution in [0.25, 0.3) is 22.5 Å². The molecule has 1 unspecified atom stereocenters. The number of fused-ring (bicyclic) bond motifs is 1. The van der Waals surface area contributed by atoms with Gasteiger partial charge in [-0.2, -0.15) is 5.10 Å². The molecule has 1 N–H and O–H groups in total. The van der Waals surface area contributed by atoms with Gasteiger partial charge in [0.2, 0.25) is 0 Å². The van der Waals surface area contributed by atoms with Gasteiger partial charge >= 0.3 is 5.97 Å². The molecule has 8 heteroatoms. The summed E-state index contributed by atoms with van der Waals surface area (Å²) in [5.74, 6) is -0.409. The molecule has 0 aliphatic carbocycles. The molecular formula is C20H24N4O4. The molecule has 0 bridgehead atoms. The second kappa shape index (κ2) is 8.24. The number of hydrogen-bond acceptors (Lipinski definition) is 6. The SMILES string of the molecule is CCCNC(=O)C(C)OC(=O)c1cc(-c2ccco2)nc2c1cnn2C(C)C. The molecule has 28 heavy (non-hydrogen) atoms. The van der Waals surface area contributed by atoms with Crippen LogP contribution in [0, 0.1) is 0 Å². The first-order valence-electron chi connectivity index (χ1n) is 9.33. The van der Waals surface area contributed by atoms with Gasteiger partial charge in [0.05, 0.1) is 23.4 Å². The highest BCUT2D eigenvalue weighted by Gasteiger charge is 2.23. The zero-order valence-electron chi connectivity index (χ0n) is 16.4. The van der Waals surface area contributed by atoms with Crippen LogP contribution in [0.1, 0.15) is 50.5 Å². The third kappa shape index (κ3) is 3.90.